The van der Waals surface area contributed by atoms with Crippen molar-refractivity contribution in [3.63, 3.8) is 0 Å². The summed E-state index contributed by atoms with van der Waals surface area (Å²) in [7, 11) is 0. The summed E-state index contributed by atoms with van der Waals surface area (Å²) in [5.74, 6) is 0.192. The number of anilines is 2. The van der Waals surface area contributed by atoms with E-state index >= 15 is 0 Å². The van der Waals surface area contributed by atoms with Gasteiger partial charge in [0, 0.05) is 35.5 Å². The zero-order chi connectivity index (χ0) is 14.4. The van der Waals surface area contributed by atoms with Crippen LogP contribution in [0, 0.1) is 0 Å². The van der Waals surface area contributed by atoms with E-state index < -0.39 is 6.09 Å². The highest BCUT2D eigenvalue weighted by atomic mass is 35.5. The molecule has 0 saturated heterocycles. The van der Waals surface area contributed by atoms with Gasteiger partial charge >= 0.3 is 6.09 Å². The van der Waals surface area contributed by atoms with Crippen molar-refractivity contribution < 1.29 is 15.0 Å². The first kappa shape index (κ1) is 12.9. The van der Waals surface area contributed by atoms with E-state index in [2.05, 4.69) is 0 Å². The number of halogens is 1. The molecule has 0 aromatic heterocycles. The second kappa shape index (κ2) is 4.45. The molecule has 0 radical (unpaired) electrons. The van der Waals surface area contributed by atoms with Gasteiger partial charge in [-0.2, -0.15) is 0 Å². The normalized spacial score (nSPS) is 17.4. The first-order valence-corrected chi connectivity index (χ1v) is 6.68. The molecule has 1 aliphatic rings. The molecule has 0 bridgehead atoms. The van der Waals surface area contributed by atoms with E-state index in [0.29, 0.717) is 29.2 Å². The number of carbonyl (C=O) groups is 1. The lowest BCUT2D eigenvalue weighted by Gasteiger charge is -2.14. The van der Waals surface area contributed by atoms with Crippen molar-refractivity contribution in [1.82, 2.24) is 0 Å². The van der Waals surface area contributed by atoms with Crippen LogP contribution in [0.2, 0.25) is 0 Å². The third kappa shape index (κ3) is 1.67. The average molecular weight is 293 g/mol. The molecule has 3 rings (SSSR count). The number of alkyl halides is 1. The lowest BCUT2D eigenvalue weighted by molar-refractivity contribution is 0.202. The number of benzene rings is 2. The topological polar surface area (TPSA) is 86.8 Å². The standard InChI is InChI=1S/C14H13ClN2O3/c15-5-7-6-17(14(19)20)10-4-11(18)13-8(12(7)10)2-1-3-9(13)16/h1-4,7,18H,5-6,16H2,(H,19,20). The highest BCUT2D eigenvalue weighted by Gasteiger charge is 2.34. The zero-order valence-corrected chi connectivity index (χ0v) is 11.3. The molecule has 0 fully saturated rings. The summed E-state index contributed by atoms with van der Waals surface area (Å²) in [5.41, 5.74) is 7.69. The number of nitrogens with two attached hydrogens (primary N) is 1. The maximum Gasteiger partial charge on any atom is 0.411 e. The zero-order valence-electron chi connectivity index (χ0n) is 10.5. The summed E-state index contributed by atoms with van der Waals surface area (Å²) < 4.78 is 0. The monoisotopic (exact) mass is 292 g/mol. The number of phenolic OH excluding ortho intramolecular Hbond substituents is 1. The highest BCUT2D eigenvalue weighted by Crippen LogP contribution is 2.46. The molecule has 1 aliphatic heterocycles. The first-order valence-electron chi connectivity index (χ1n) is 6.15. The summed E-state index contributed by atoms with van der Waals surface area (Å²) in [6.07, 6.45) is -1.05. The second-order valence-electron chi connectivity index (χ2n) is 4.84. The number of amides is 1. The number of aromatic hydroxyl groups is 1. The van der Waals surface area contributed by atoms with E-state index in [9.17, 15) is 15.0 Å². The van der Waals surface area contributed by atoms with Gasteiger partial charge in [-0.3, -0.25) is 4.90 Å². The molecule has 1 amide bonds. The van der Waals surface area contributed by atoms with E-state index in [1.807, 2.05) is 6.07 Å². The number of carboxylic acid groups (broad SMARTS) is 1. The van der Waals surface area contributed by atoms with Crippen LogP contribution in [-0.2, 0) is 0 Å². The largest absolute Gasteiger partial charge is 0.507 e. The third-order valence-corrected chi connectivity index (χ3v) is 4.08. The van der Waals surface area contributed by atoms with Gasteiger partial charge in [0.05, 0.1) is 5.69 Å². The Labute approximate surface area is 120 Å². The minimum absolute atomic E-state index is 0.0154. The van der Waals surface area contributed by atoms with Crippen LogP contribution in [0.15, 0.2) is 24.3 Å². The van der Waals surface area contributed by atoms with Crippen molar-refractivity contribution in [3.8, 4) is 5.75 Å². The molecule has 0 spiro atoms. The molecule has 1 atom stereocenters. The predicted octanol–water partition coefficient (Wildman–Crippen LogP) is 2.95. The smallest absolute Gasteiger partial charge is 0.411 e. The van der Waals surface area contributed by atoms with Gasteiger partial charge in [0.15, 0.2) is 0 Å². The fourth-order valence-electron chi connectivity index (χ4n) is 2.87. The number of nitrogen functional groups attached to an aromatic ring is 1. The summed E-state index contributed by atoms with van der Waals surface area (Å²) in [6, 6.07) is 6.77. The van der Waals surface area contributed by atoms with Crippen molar-refractivity contribution in [2.24, 2.45) is 0 Å². The molecule has 20 heavy (non-hydrogen) atoms. The van der Waals surface area contributed by atoms with E-state index in [1.165, 1.54) is 11.0 Å². The van der Waals surface area contributed by atoms with E-state index in [-0.39, 0.29) is 11.7 Å². The van der Waals surface area contributed by atoms with Crippen LogP contribution < -0.4 is 10.6 Å². The van der Waals surface area contributed by atoms with E-state index in [4.69, 9.17) is 17.3 Å². The summed E-state index contributed by atoms with van der Waals surface area (Å²) in [5, 5.41) is 20.7. The molecule has 1 heterocycles. The first-order chi connectivity index (χ1) is 9.54. The van der Waals surface area contributed by atoms with Gasteiger partial charge in [-0.1, -0.05) is 12.1 Å². The Kier molecular flexibility index (Phi) is 2.87. The Balaban J connectivity index is 2.38. The molecule has 6 heteroatoms. The van der Waals surface area contributed by atoms with Crippen molar-refractivity contribution in [1.29, 1.82) is 0 Å². The van der Waals surface area contributed by atoms with E-state index in [0.717, 1.165) is 10.9 Å². The van der Waals surface area contributed by atoms with Gasteiger partial charge in [-0.15, -0.1) is 11.6 Å². The molecule has 1 unspecified atom stereocenters. The Morgan fingerprint density at radius 1 is 1.50 bits per heavy atom. The van der Waals surface area contributed by atoms with Crippen molar-refractivity contribution in [3.05, 3.63) is 29.8 Å². The number of fused-ring (bicyclic) bond motifs is 3. The second-order valence-corrected chi connectivity index (χ2v) is 5.15. The number of nitrogens with zero attached hydrogens (tertiary/aromatic N) is 1. The quantitative estimate of drug-likeness (QED) is 0.557. The van der Waals surface area contributed by atoms with Crippen LogP contribution in [0.3, 0.4) is 0 Å². The highest BCUT2D eigenvalue weighted by molar-refractivity contribution is 6.19. The molecule has 0 aliphatic carbocycles. The molecule has 2 aromatic rings. The SMILES string of the molecule is Nc1cccc2c3c(cc(O)c12)N(C(=O)O)CC3CCl. The van der Waals surface area contributed by atoms with Gasteiger partial charge in [0.1, 0.15) is 5.75 Å². The van der Waals surface area contributed by atoms with Gasteiger partial charge in [-0.25, -0.2) is 4.79 Å². The van der Waals surface area contributed by atoms with Crippen LogP contribution in [0.5, 0.6) is 5.75 Å². The van der Waals surface area contributed by atoms with Crippen LogP contribution in [0.4, 0.5) is 16.2 Å². The van der Waals surface area contributed by atoms with Gasteiger partial charge in [-0.05, 0) is 17.0 Å². The van der Waals surface area contributed by atoms with Crippen LogP contribution >= 0.6 is 11.6 Å². The lowest BCUT2D eigenvalue weighted by atomic mass is 9.94. The Morgan fingerprint density at radius 2 is 2.25 bits per heavy atom. The molecule has 4 N–H and O–H groups in total. The Hall–Kier alpha value is -2.14. The van der Waals surface area contributed by atoms with Crippen LogP contribution in [0.25, 0.3) is 10.8 Å². The van der Waals surface area contributed by atoms with E-state index in [1.54, 1.807) is 12.1 Å². The Morgan fingerprint density at radius 3 is 2.90 bits per heavy atom. The summed E-state index contributed by atoms with van der Waals surface area (Å²) in [4.78, 5) is 12.5. The van der Waals surface area contributed by atoms with Gasteiger partial charge < -0.3 is 15.9 Å². The fourth-order valence-corrected chi connectivity index (χ4v) is 3.12. The van der Waals surface area contributed by atoms with Crippen molar-refractivity contribution in [2.45, 2.75) is 5.92 Å². The minimum Gasteiger partial charge on any atom is -0.507 e. The average Bonchev–Trinajstić information content (AvgIpc) is 2.77. The lowest BCUT2D eigenvalue weighted by Crippen LogP contribution is -2.28. The summed E-state index contributed by atoms with van der Waals surface area (Å²) >= 11 is 5.97. The van der Waals surface area contributed by atoms with Gasteiger partial charge in [0.25, 0.3) is 0 Å². The minimum atomic E-state index is -1.05. The fraction of sp³-hybridized carbons (Fsp3) is 0.214. The number of rotatable bonds is 1. The third-order valence-electron chi connectivity index (χ3n) is 3.71. The number of phenols is 1. The summed E-state index contributed by atoms with van der Waals surface area (Å²) in [6.45, 7) is 0.293. The van der Waals surface area contributed by atoms with Crippen LogP contribution in [-0.4, -0.2) is 28.7 Å². The Bertz CT molecular complexity index is 717. The maximum absolute atomic E-state index is 11.3. The van der Waals surface area contributed by atoms with Gasteiger partial charge in [0.2, 0.25) is 0 Å². The molecule has 0 saturated carbocycles. The number of hydrogen-bond acceptors (Lipinski definition) is 3. The predicted molar refractivity (Wildman–Crippen MR) is 78.9 cm³/mol. The van der Waals surface area contributed by atoms with Crippen molar-refractivity contribution >= 4 is 39.8 Å². The maximum atomic E-state index is 11.3. The molecule has 104 valence electrons. The van der Waals surface area contributed by atoms with Crippen molar-refractivity contribution in [2.75, 3.05) is 23.1 Å². The molecular weight excluding hydrogens is 280 g/mol. The molecular formula is C14H13ClN2O3. The number of hydrogen-bond donors (Lipinski definition) is 3. The molecule has 2 aromatic carbocycles. The molecule has 5 nitrogen and oxygen atoms in total. The van der Waals surface area contributed by atoms with Crippen LogP contribution in [0.1, 0.15) is 11.5 Å².